The molecule has 1 aromatic carbocycles. The van der Waals surface area contributed by atoms with E-state index in [9.17, 15) is 0 Å². The molecule has 0 aliphatic carbocycles. The van der Waals surface area contributed by atoms with Gasteiger partial charge in [-0.05, 0) is 29.5 Å². The van der Waals surface area contributed by atoms with E-state index in [1.54, 1.807) is 14.2 Å². The molecule has 0 saturated carbocycles. The Kier molecular flexibility index (Phi) is 8.48. The van der Waals surface area contributed by atoms with E-state index in [1.165, 1.54) is 5.56 Å². The first-order chi connectivity index (χ1) is 11.0. The molecule has 0 heterocycles. The molecule has 5 nitrogen and oxygen atoms in total. The fourth-order valence-electron chi connectivity index (χ4n) is 2.03. The number of hydrogen-bond acceptors (Lipinski definition) is 3. The second-order valence-electron chi connectivity index (χ2n) is 6.39. The second-order valence-corrected chi connectivity index (χ2v) is 6.39. The van der Waals surface area contributed by atoms with Gasteiger partial charge in [-0.1, -0.05) is 32.9 Å². The van der Waals surface area contributed by atoms with Crippen LogP contribution < -0.4 is 15.4 Å². The van der Waals surface area contributed by atoms with Gasteiger partial charge < -0.3 is 20.1 Å². The van der Waals surface area contributed by atoms with E-state index in [0.717, 1.165) is 31.3 Å². The Morgan fingerprint density at radius 3 is 2.26 bits per heavy atom. The van der Waals surface area contributed by atoms with Gasteiger partial charge in [0, 0.05) is 27.3 Å². The smallest absolute Gasteiger partial charge is 0.191 e. The fraction of sp³-hybridized carbons (Fsp3) is 0.611. The first-order valence-electron chi connectivity index (χ1n) is 8.14. The summed E-state index contributed by atoms with van der Waals surface area (Å²) in [5.74, 6) is 1.68. The topological polar surface area (TPSA) is 54.9 Å². The summed E-state index contributed by atoms with van der Waals surface area (Å²) < 4.78 is 10.8. The lowest BCUT2D eigenvalue weighted by Crippen LogP contribution is -2.39. The summed E-state index contributed by atoms with van der Waals surface area (Å²) in [7, 11) is 3.47. The van der Waals surface area contributed by atoms with E-state index in [2.05, 4.69) is 48.5 Å². The minimum atomic E-state index is 0.168. The first kappa shape index (κ1) is 19.3. The van der Waals surface area contributed by atoms with Gasteiger partial charge in [-0.3, -0.25) is 4.99 Å². The third kappa shape index (κ3) is 7.88. The van der Waals surface area contributed by atoms with Crippen LogP contribution in [0.5, 0.6) is 5.75 Å². The lowest BCUT2D eigenvalue weighted by atomic mass is 9.87. The molecule has 0 amide bonds. The molecule has 0 atom stereocenters. The van der Waals surface area contributed by atoms with Gasteiger partial charge in [-0.2, -0.15) is 0 Å². The third-order valence-electron chi connectivity index (χ3n) is 3.42. The van der Waals surface area contributed by atoms with Gasteiger partial charge in [0.15, 0.2) is 5.96 Å². The van der Waals surface area contributed by atoms with Crippen LogP contribution in [0.4, 0.5) is 0 Å². The van der Waals surface area contributed by atoms with Crippen molar-refractivity contribution in [3.05, 3.63) is 29.8 Å². The summed E-state index contributed by atoms with van der Waals surface area (Å²) >= 11 is 0. The van der Waals surface area contributed by atoms with Gasteiger partial charge >= 0.3 is 0 Å². The number of hydrogen-bond donors (Lipinski definition) is 2. The van der Waals surface area contributed by atoms with Gasteiger partial charge in [0.25, 0.3) is 0 Å². The molecule has 0 radical (unpaired) electrons. The van der Waals surface area contributed by atoms with Crippen molar-refractivity contribution in [1.82, 2.24) is 10.6 Å². The molecule has 0 aliphatic heterocycles. The van der Waals surface area contributed by atoms with Crippen LogP contribution in [-0.2, 0) is 10.2 Å². The first-order valence-corrected chi connectivity index (χ1v) is 8.14. The molecule has 0 aliphatic rings. The van der Waals surface area contributed by atoms with Crippen molar-refractivity contribution >= 4 is 5.96 Å². The van der Waals surface area contributed by atoms with Crippen molar-refractivity contribution in [1.29, 1.82) is 0 Å². The maximum Gasteiger partial charge on any atom is 0.191 e. The molecule has 0 spiro atoms. The van der Waals surface area contributed by atoms with Crippen LogP contribution in [0.1, 0.15) is 32.8 Å². The largest absolute Gasteiger partial charge is 0.492 e. The second kappa shape index (κ2) is 10.1. The zero-order valence-corrected chi connectivity index (χ0v) is 15.1. The fourth-order valence-corrected chi connectivity index (χ4v) is 2.03. The molecular formula is C18H31N3O2. The van der Waals surface area contributed by atoms with E-state index in [1.807, 2.05) is 12.1 Å². The van der Waals surface area contributed by atoms with Crippen LogP contribution in [0.3, 0.4) is 0 Å². The van der Waals surface area contributed by atoms with Crippen LogP contribution in [0.15, 0.2) is 29.3 Å². The predicted molar refractivity (Wildman–Crippen MR) is 96.5 cm³/mol. The predicted octanol–water partition coefficient (Wildman–Crippen LogP) is 2.56. The van der Waals surface area contributed by atoms with Crippen LogP contribution in [0, 0.1) is 0 Å². The number of benzene rings is 1. The number of methoxy groups -OCH3 is 1. The summed E-state index contributed by atoms with van der Waals surface area (Å²) in [6, 6.07) is 8.30. The molecule has 0 aromatic heterocycles. The zero-order valence-electron chi connectivity index (χ0n) is 15.1. The number of nitrogens with zero attached hydrogens (tertiary/aromatic N) is 1. The van der Waals surface area contributed by atoms with Gasteiger partial charge in [-0.15, -0.1) is 0 Å². The number of guanidine groups is 1. The van der Waals surface area contributed by atoms with Gasteiger partial charge in [0.05, 0.1) is 6.54 Å². The van der Waals surface area contributed by atoms with Crippen molar-refractivity contribution in [2.45, 2.75) is 32.6 Å². The number of ether oxygens (including phenoxy) is 2. The standard InChI is InChI=1S/C18H31N3O2/c1-18(2,3)15-7-9-16(10-8-15)23-14-12-21-17(19-4)20-11-6-13-22-5/h7-10H,6,11-14H2,1-5H3,(H2,19,20,21). The minimum Gasteiger partial charge on any atom is -0.492 e. The molecule has 0 unspecified atom stereocenters. The Bertz CT molecular complexity index is 464. The average molecular weight is 321 g/mol. The molecule has 23 heavy (non-hydrogen) atoms. The number of nitrogens with one attached hydrogen (secondary N) is 2. The van der Waals surface area contributed by atoms with Gasteiger partial charge in [-0.25, -0.2) is 0 Å². The Labute approximate surface area is 140 Å². The third-order valence-corrected chi connectivity index (χ3v) is 3.42. The molecular weight excluding hydrogens is 290 g/mol. The van der Waals surface area contributed by atoms with Crippen molar-refractivity contribution < 1.29 is 9.47 Å². The molecule has 5 heteroatoms. The van der Waals surface area contributed by atoms with E-state index >= 15 is 0 Å². The number of aliphatic imine (C=N–C) groups is 1. The molecule has 0 saturated heterocycles. The molecule has 1 rings (SSSR count). The van der Waals surface area contributed by atoms with Gasteiger partial charge in [0.2, 0.25) is 0 Å². The van der Waals surface area contributed by atoms with Crippen molar-refractivity contribution in [3.63, 3.8) is 0 Å². The lowest BCUT2D eigenvalue weighted by molar-refractivity contribution is 0.195. The maximum atomic E-state index is 5.75. The lowest BCUT2D eigenvalue weighted by Gasteiger charge is -2.19. The van der Waals surface area contributed by atoms with Crippen LogP contribution in [0.25, 0.3) is 0 Å². The molecule has 1 aromatic rings. The summed E-state index contributed by atoms with van der Waals surface area (Å²) in [4.78, 5) is 4.17. The average Bonchev–Trinajstić information content (AvgIpc) is 2.53. The van der Waals surface area contributed by atoms with Gasteiger partial charge in [0.1, 0.15) is 12.4 Å². The highest BCUT2D eigenvalue weighted by atomic mass is 16.5. The number of rotatable bonds is 8. The van der Waals surface area contributed by atoms with Crippen LogP contribution in [-0.4, -0.2) is 46.4 Å². The summed E-state index contributed by atoms with van der Waals surface area (Å²) in [6.45, 7) is 9.49. The summed E-state index contributed by atoms with van der Waals surface area (Å²) in [5, 5.41) is 6.46. The highest BCUT2D eigenvalue weighted by Crippen LogP contribution is 2.24. The van der Waals surface area contributed by atoms with E-state index in [0.29, 0.717) is 13.2 Å². The van der Waals surface area contributed by atoms with Crippen molar-refractivity contribution in [2.24, 2.45) is 4.99 Å². The Balaban J connectivity index is 2.25. The quantitative estimate of drug-likeness (QED) is 0.439. The normalized spacial score (nSPS) is 12.1. The monoisotopic (exact) mass is 321 g/mol. The van der Waals surface area contributed by atoms with Crippen LogP contribution >= 0.6 is 0 Å². The Morgan fingerprint density at radius 1 is 1.04 bits per heavy atom. The van der Waals surface area contributed by atoms with E-state index < -0.39 is 0 Å². The van der Waals surface area contributed by atoms with E-state index in [4.69, 9.17) is 9.47 Å². The maximum absolute atomic E-state index is 5.75. The van der Waals surface area contributed by atoms with Crippen LogP contribution in [0.2, 0.25) is 0 Å². The highest BCUT2D eigenvalue weighted by Gasteiger charge is 2.12. The molecule has 0 fully saturated rings. The molecule has 2 N–H and O–H groups in total. The van der Waals surface area contributed by atoms with E-state index in [-0.39, 0.29) is 5.41 Å². The Morgan fingerprint density at radius 2 is 1.70 bits per heavy atom. The minimum absolute atomic E-state index is 0.168. The Hall–Kier alpha value is -1.75. The summed E-state index contributed by atoms with van der Waals surface area (Å²) in [5.41, 5.74) is 1.48. The SMILES string of the molecule is CN=C(NCCCOC)NCCOc1ccc(C(C)(C)C)cc1. The zero-order chi connectivity index (χ0) is 17.1. The summed E-state index contributed by atoms with van der Waals surface area (Å²) in [6.07, 6.45) is 0.952. The highest BCUT2D eigenvalue weighted by molar-refractivity contribution is 5.79. The van der Waals surface area contributed by atoms with Crippen molar-refractivity contribution in [3.8, 4) is 5.75 Å². The molecule has 130 valence electrons. The van der Waals surface area contributed by atoms with Crippen molar-refractivity contribution in [2.75, 3.05) is 40.5 Å². The molecule has 0 bridgehead atoms.